The van der Waals surface area contributed by atoms with Crippen LogP contribution >= 0.6 is 0 Å². The predicted molar refractivity (Wildman–Crippen MR) is 82.4 cm³/mol. The largest absolute Gasteiger partial charge is 0.342 e. The Morgan fingerprint density at radius 1 is 1.35 bits per heavy atom. The summed E-state index contributed by atoms with van der Waals surface area (Å²) in [5.74, 6) is 1.01. The number of benzene rings is 1. The third-order valence-corrected chi connectivity index (χ3v) is 4.40. The number of rotatable bonds is 4. The maximum Gasteiger partial charge on any atom is 0.223 e. The van der Waals surface area contributed by atoms with Crippen LogP contribution in [0, 0.1) is 5.92 Å². The van der Waals surface area contributed by atoms with Gasteiger partial charge in [-0.3, -0.25) is 4.79 Å². The van der Waals surface area contributed by atoms with Gasteiger partial charge in [0.1, 0.15) is 0 Å². The molecule has 0 spiro atoms. The van der Waals surface area contributed by atoms with E-state index in [4.69, 9.17) is 5.73 Å². The second kappa shape index (κ2) is 6.89. The summed E-state index contributed by atoms with van der Waals surface area (Å²) >= 11 is 0. The molecule has 0 saturated carbocycles. The van der Waals surface area contributed by atoms with E-state index in [9.17, 15) is 4.79 Å². The number of nitrogens with zero attached hydrogens (tertiary/aromatic N) is 1. The molecule has 3 heteroatoms. The van der Waals surface area contributed by atoms with Crippen molar-refractivity contribution in [3.63, 3.8) is 0 Å². The zero-order chi connectivity index (χ0) is 14.5. The highest BCUT2D eigenvalue weighted by Gasteiger charge is 2.26. The summed E-state index contributed by atoms with van der Waals surface area (Å²) in [6.45, 7) is 5.90. The summed E-state index contributed by atoms with van der Waals surface area (Å²) in [5.41, 5.74) is 7.22. The summed E-state index contributed by atoms with van der Waals surface area (Å²) in [6, 6.07) is 10.4. The van der Waals surface area contributed by atoms with Gasteiger partial charge in [-0.05, 0) is 37.2 Å². The monoisotopic (exact) mass is 274 g/mol. The molecule has 0 radical (unpaired) electrons. The van der Waals surface area contributed by atoms with E-state index in [0.717, 1.165) is 25.9 Å². The number of carbonyl (C=O) groups is 1. The molecule has 1 amide bonds. The van der Waals surface area contributed by atoms with E-state index in [2.05, 4.69) is 19.1 Å². The van der Waals surface area contributed by atoms with Crippen molar-refractivity contribution in [2.24, 2.45) is 11.7 Å². The fourth-order valence-corrected chi connectivity index (χ4v) is 2.96. The van der Waals surface area contributed by atoms with Crippen molar-refractivity contribution in [2.45, 2.75) is 45.1 Å². The second-order valence-corrected chi connectivity index (χ2v) is 6.12. The zero-order valence-electron chi connectivity index (χ0n) is 12.6. The smallest absolute Gasteiger partial charge is 0.223 e. The number of hydrogen-bond donors (Lipinski definition) is 1. The molecule has 1 aromatic carbocycles. The topological polar surface area (TPSA) is 46.3 Å². The lowest BCUT2D eigenvalue weighted by Gasteiger charge is -2.35. The average Bonchev–Trinajstić information content (AvgIpc) is 2.48. The number of likely N-dealkylation sites (tertiary alicyclic amines) is 1. The molecule has 110 valence electrons. The molecule has 1 aliphatic heterocycles. The molecule has 0 aromatic heterocycles. The quantitative estimate of drug-likeness (QED) is 0.917. The Hall–Kier alpha value is -1.35. The van der Waals surface area contributed by atoms with Gasteiger partial charge < -0.3 is 10.6 Å². The van der Waals surface area contributed by atoms with Crippen LogP contribution in [-0.4, -0.2) is 29.9 Å². The SMILES string of the molecule is CC(CC(=O)N1CCCC(C(C)N)C1)c1ccccc1. The average molecular weight is 274 g/mol. The molecule has 3 unspecified atom stereocenters. The van der Waals surface area contributed by atoms with Crippen LogP contribution in [0.4, 0.5) is 0 Å². The van der Waals surface area contributed by atoms with Crippen molar-refractivity contribution < 1.29 is 4.79 Å². The third kappa shape index (κ3) is 3.83. The first-order chi connectivity index (χ1) is 9.58. The van der Waals surface area contributed by atoms with E-state index in [1.54, 1.807) is 0 Å². The van der Waals surface area contributed by atoms with Crippen LogP contribution in [0.25, 0.3) is 0 Å². The van der Waals surface area contributed by atoms with Crippen molar-refractivity contribution in [3.05, 3.63) is 35.9 Å². The fraction of sp³-hybridized carbons (Fsp3) is 0.588. The summed E-state index contributed by atoms with van der Waals surface area (Å²) in [4.78, 5) is 14.4. The molecule has 1 saturated heterocycles. The van der Waals surface area contributed by atoms with Crippen molar-refractivity contribution in [1.29, 1.82) is 0 Å². The van der Waals surface area contributed by atoms with E-state index in [1.807, 2.05) is 30.0 Å². The Kier molecular flexibility index (Phi) is 5.18. The van der Waals surface area contributed by atoms with Crippen LogP contribution in [0.2, 0.25) is 0 Å². The minimum absolute atomic E-state index is 0.178. The first kappa shape index (κ1) is 15.0. The molecule has 1 aromatic rings. The highest BCUT2D eigenvalue weighted by Crippen LogP contribution is 2.23. The van der Waals surface area contributed by atoms with Gasteiger partial charge in [0.2, 0.25) is 5.91 Å². The molecular formula is C17H26N2O. The van der Waals surface area contributed by atoms with Gasteiger partial charge in [0.25, 0.3) is 0 Å². The molecule has 2 rings (SSSR count). The van der Waals surface area contributed by atoms with Crippen LogP contribution in [0.1, 0.15) is 44.6 Å². The lowest BCUT2D eigenvalue weighted by molar-refractivity contribution is -0.133. The Labute approximate surface area is 122 Å². The van der Waals surface area contributed by atoms with Gasteiger partial charge in [0.15, 0.2) is 0 Å². The first-order valence-corrected chi connectivity index (χ1v) is 7.66. The first-order valence-electron chi connectivity index (χ1n) is 7.66. The molecule has 3 nitrogen and oxygen atoms in total. The summed E-state index contributed by atoms with van der Waals surface area (Å²) in [6.07, 6.45) is 2.82. The van der Waals surface area contributed by atoms with Crippen LogP contribution in [-0.2, 0) is 4.79 Å². The fourth-order valence-electron chi connectivity index (χ4n) is 2.96. The molecule has 1 fully saturated rings. The van der Waals surface area contributed by atoms with Crippen LogP contribution < -0.4 is 5.73 Å². The summed E-state index contributed by atoms with van der Waals surface area (Å²) < 4.78 is 0. The molecule has 0 bridgehead atoms. The maximum absolute atomic E-state index is 12.4. The highest BCUT2D eigenvalue weighted by atomic mass is 16.2. The Bertz CT molecular complexity index is 430. The van der Waals surface area contributed by atoms with Crippen LogP contribution in [0.15, 0.2) is 30.3 Å². The number of carbonyl (C=O) groups excluding carboxylic acids is 1. The van der Waals surface area contributed by atoms with E-state index in [0.29, 0.717) is 12.3 Å². The van der Waals surface area contributed by atoms with Crippen molar-refractivity contribution >= 4 is 5.91 Å². The number of nitrogens with two attached hydrogens (primary N) is 1. The molecule has 1 aliphatic rings. The second-order valence-electron chi connectivity index (χ2n) is 6.12. The normalized spacial score (nSPS) is 22.4. The third-order valence-electron chi connectivity index (χ3n) is 4.40. The summed E-state index contributed by atoms with van der Waals surface area (Å²) in [7, 11) is 0. The highest BCUT2D eigenvalue weighted by molar-refractivity contribution is 5.77. The van der Waals surface area contributed by atoms with E-state index in [-0.39, 0.29) is 17.9 Å². The summed E-state index contributed by atoms with van der Waals surface area (Å²) in [5, 5.41) is 0. The van der Waals surface area contributed by atoms with Crippen LogP contribution in [0.3, 0.4) is 0 Å². The molecule has 3 atom stereocenters. The van der Waals surface area contributed by atoms with Crippen molar-refractivity contribution in [3.8, 4) is 0 Å². The lowest BCUT2D eigenvalue weighted by Crippen LogP contribution is -2.45. The standard InChI is InChI=1S/C17H26N2O/c1-13(15-7-4-3-5-8-15)11-17(20)19-10-6-9-16(12-19)14(2)18/h3-5,7-8,13-14,16H,6,9-12,18H2,1-2H3. The van der Waals surface area contributed by atoms with Gasteiger partial charge in [0.05, 0.1) is 0 Å². The molecule has 1 heterocycles. The number of amides is 1. The van der Waals surface area contributed by atoms with Crippen molar-refractivity contribution in [2.75, 3.05) is 13.1 Å². The van der Waals surface area contributed by atoms with E-state index >= 15 is 0 Å². The molecule has 0 aliphatic carbocycles. The van der Waals surface area contributed by atoms with E-state index in [1.165, 1.54) is 5.56 Å². The predicted octanol–water partition coefficient (Wildman–Crippen LogP) is 2.77. The minimum atomic E-state index is 0.178. The van der Waals surface area contributed by atoms with Crippen LogP contribution in [0.5, 0.6) is 0 Å². The zero-order valence-corrected chi connectivity index (χ0v) is 12.6. The molecule has 20 heavy (non-hydrogen) atoms. The Balaban J connectivity index is 1.91. The molecule has 2 N–H and O–H groups in total. The lowest BCUT2D eigenvalue weighted by atomic mass is 9.91. The Morgan fingerprint density at radius 3 is 2.70 bits per heavy atom. The maximum atomic E-state index is 12.4. The van der Waals surface area contributed by atoms with Gasteiger partial charge >= 0.3 is 0 Å². The minimum Gasteiger partial charge on any atom is -0.342 e. The number of hydrogen-bond acceptors (Lipinski definition) is 2. The van der Waals surface area contributed by atoms with Gasteiger partial charge in [-0.25, -0.2) is 0 Å². The van der Waals surface area contributed by atoms with Crippen molar-refractivity contribution in [1.82, 2.24) is 4.90 Å². The number of piperidine rings is 1. The van der Waals surface area contributed by atoms with Gasteiger partial charge in [-0.1, -0.05) is 37.3 Å². The van der Waals surface area contributed by atoms with Gasteiger partial charge in [-0.2, -0.15) is 0 Å². The van der Waals surface area contributed by atoms with Gasteiger partial charge in [-0.15, -0.1) is 0 Å². The molecular weight excluding hydrogens is 248 g/mol. The Morgan fingerprint density at radius 2 is 2.05 bits per heavy atom. The van der Waals surface area contributed by atoms with E-state index < -0.39 is 0 Å². The van der Waals surface area contributed by atoms with Gasteiger partial charge in [0, 0.05) is 25.6 Å².